The van der Waals surface area contributed by atoms with E-state index in [9.17, 15) is 0 Å². The van der Waals surface area contributed by atoms with Crippen molar-refractivity contribution < 1.29 is 0 Å². The number of halogens is 1. The zero-order valence-electron chi connectivity index (χ0n) is 10.4. The van der Waals surface area contributed by atoms with Crippen LogP contribution in [-0.4, -0.2) is 28.9 Å². The molecule has 0 spiro atoms. The summed E-state index contributed by atoms with van der Waals surface area (Å²) in [5.41, 5.74) is 0. The van der Waals surface area contributed by atoms with Gasteiger partial charge in [0.05, 0.1) is 5.39 Å². The Labute approximate surface area is 116 Å². The van der Waals surface area contributed by atoms with Crippen molar-refractivity contribution in [3.63, 3.8) is 0 Å². The molecule has 0 aromatic carbocycles. The van der Waals surface area contributed by atoms with Crippen LogP contribution in [0.3, 0.4) is 0 Å². The Morgan fingerprint density at radius 3 is 3.22 bits per heavy atom. The van der Waals surface area contributed by atoms with Crippen molar-refractivity contribution in [1.82, 2.24) is 9.97 Å². The highest BCUT2D eigenvalue weighted by Gasteiger charge is 2.22. The van der Waals surface area contributed by atoms with Crippen molar-refractivity contribution in [2.24, 2.45) is 5.92 Å². The molecule has 0 amide bonds. The Balaban J connectivity index is 1.98. The number of piperidine rings is 1. The number of anilines is 1. The molecule has 1 unspecified atom stereocenters. The van der Waals surface area contributed by atoms with E-state index in [1.54, 1.807) is 17.7 Å². The first-order chi connectivity index (χ1) is 8.78. The van der Waals surface area contributed by atoms with Crippen LogP contribution in [0.5, 0.6) is 0 Å². The molecule has 1 aliphatic heterocycles. The number of fused-ring (bicyclic) bond motifs is 1. The van der Waals surface area contributed by atoms with Crippen molar-refractivity contribution >= 4 is 39.0 Å². The third kappa shape index (κ3) is 2.19. The van der Waals surface area contributed by atoms with Crippen LogP contribution in [-0.2, 0) is 0 Å². The second kappa shape index (κ2) is 5.02. The molecular weight excluding hydrogens is 266 g/mol. The minimum absolute atomic E-state index is 0.588. The molecule has 96 valence electrons. The van der Waals surface area contributed by atoms with Gasteiger partial charge >= 0.3 is 0 Å². The van der Waals surface area contributed by atoms with Gasteiger partial charge in [-0.25, -0.2) is 9.97 Å². The summed E-state index contributed by atoms with van der Waals surface area (Å²) >= 11 is 7.73. The van der Waals surface area contributed by atoms with Gasteiger partial charge in [-0.05, 0) is 31.7 Å². The summed E-state index contributed by atoms with van der Waals surface area (Å²) < 4.78 is 0. The van der Waals surface area contributed by atoms with Crippen LogP contribution < -0.4 is 4.90 Å². The smallest absolute Gasteiger partial charge is 0.140 e. The topological polar surface area (TPSA) is 29.0 Å². The third-order valence-electron chi connectivity index (χ3n) is 3.47. The van der Waals surface area contributed by atoms with Crippen LogP contribution in [0.15, 0.2) is 12.4 Å². The zero-order valence-corrected chi connectivity index (χ0v) is 12.0. The lowest BCUT2D eigenvalue weighted by Crippen LogP contribution is -2.36. The molecule has 1 atom stereocenters. The first kappa shape index (κ1) is 12.2. The molecule has 5 heteroatoms. The fraction of sp³-hybridized carbons (Fsp3) is 0.538. The van der Waals surface area contributed by atoms with Gasteiger partial charge in [-0.3, -0.25) is 0 Å². The van der Waals surface area contributed by atoms with Crippen LogP contribution in [0.1, 0.15) is 17.7 Å². The predicted molar refractivity (Wildman–Crippen MR) is 77.8 cm³/mol. The number of hydrogen-bond acceptors (Lipinski definition) is 4. The SMILES string of the molecule is Cc1cc2c(N3CCCC(CCl)C3)ncnc2s1. The molecule has 1 fully saturated rings. The summed E-state index contributed by atoms with van der Waals surface area (Å²) in [7, 11) is 0. The van der Waals surface area contributed by atoms with Crippen molar-refractivity contribution in [3.05, 3.63) is 17.3 Å². The first-order valence-corrected chi connectivity index (χ1v) is 7.65. The fourth-order valence-electron chi connectivity index (χ4n) is 2.60. The van der Waals surface area contributed by atoms with Crippen molar-refractivity contribution in [3.8, 4) is 0 Å². The van der Waals surface area contributed by atoms with Crippen LogP contribution in [0, 0.1) is 12.8 Å². The molecule has 0 bridgehead atoms. The average molecular weight is 282 g/mol. The Hall–Kier alpha value is -0.870. The zero-order chi connectivity index (χ0) is 12.5. The van der Waals surface area contributed by atoms with Gasteiger partial charge in [0.1, 0.15) is 17.0 Å². The van der Waals surface area contributed by atoms with Gasteiger partial charge in [0.25, 0.3) is 0 Å². The van der Waals surface area contributed by atoms with Gasteiger partial charge in [0, 0.05) is 23.8 Å². The van der Waals surface area contributed by atoms with E-state index in [4.69, 9.17) is 11.6 Å². The average Bonchev–Trinajstić information content (AvgIpc) is 2.78. The number of aromatic nitrogens is 2. The van der Waals surface area contributed by atoms with Crippen LogP contribution in [0.4, 0.5) is 5.82 Å². The number of nitrogens with zero attached hydrogens (tertiary/aromatic N) is 3. The first-order valence-electron chi connectivity index (χ1n) is 6.30. The fourth-order valence-corrected chi connectivity index (χ4v) is 3.69. The number of hydrogen-bond donors (Lipinski definition) is 0. The van der Waals surface area contributed by atoms with Crippen LogP contribution in [0.25, 0.3) is 10.2 Å². The second-order valence-corrected chi connectivity index (χ2v) is 6.43. The van der Waals surface area contributed by atoms with Crippen molar-refractivity contribution in [1.29, 1.82) is 0 Å². The molecular formula is C13H16ClN3S. The second-order valence-electron chi connectivity index (χ2n) is 4.88. The highest BCUT2D eigenvalue weighted by molar-refractivity contribution is 7.18. The van der Waals surface area contributed by atoms with E-state index in [1.165, 1.54) is 23.1 Å². The number of thiophene rings is 1. The maximum Gasteiger partial charge on any atom is 0.140 e. The molecule has 3 nitrogen and oxygen atoms in total. The molecule has 18 heavy (non-hydrogen) atoms. The van der Waals surface area contributed by atoms with Crippen LogP contribution in [0.2, 0.25) is 0 Å². The Morgan fingerprint density at radius 2 is 2.39 bits per heavy atom. The molecule has 3 rings (SSSR count). The molecule has 2 aromatic rings. The maximum atomic E-state index is 6.00. The largest absolute Gasteiger partial charge is 0.356 e. The van der Waals surface area contributed by atoms with E-state index < -0.39 is 0 Å². The Kier molecular flexibility index (Phi) is 3.39. The third-order valence-corrected chi connectivity index (χ3v) is 4.86. The van der Waals surface area contributed by atoms with Crippen LogP contribution >= 0.6 is 22.9 Å². The van der Waals surface area contributed by atoms with Gasteiger partial charge < -0.3 is 4.90 Å². The standard InChI is InChI=1S/C13H16ClN3S/c1-9-5-11-12(15-8-16-13(11)18-9)17-4-2-3-10(6-14)7-17/h5,8,10H,2-4,6-7H2,1H3. The summed E-state index contributed by atoms with van der Waals surface area (Å²) in [6, 6.07) is 2.19. The lowest BCUT2D eigenvalue weighted by Gasteiger charge is -2.32. The van der Waals surface area contributed by atoms with Gasteiger partial charge in [-0.15, -0.1) is 22.9 Å². The summed E-state index contributed by atoms with van der Waals surface area (Å²) in [6.07, 6.45) is 4.11. The molecule has 1 saturated heterocycles. The molecule has 0 radical (unpaired) electrons. The molecule has 2 aromatic heterocycles. The molecule has 0 N–H and O–H groups in total. The quantitative estimate of drug-likeness (QED) is 0.790. The lowest BCUT2D eigenvalue weighted by molar-refractivity contribution is 0.449. The van der Waals surface area contributed by atoms with Crippen molar-refractivity contribution in [2.45, 2.75) is 19.8 Å². The predicted octanol–water partition coefficient (Wildman–Crippen LogP) is 3.45. The summed E-state index contributed by atoms with van der Waals surface area (Å²) in [5.74, 6) is 2.41. The molecule has 0 aliphatic carbocycles. The normalized spacial score (nSPS) is 20.6. The van der Waals surface area contributed by atoms with E-state index in [0.29, 0.717) is 5.92 Å². The molecule has 0 saturated carbocycles. The Morgan fingerprint density at radius 1 is 1.50 bits per heavy atom. The minimum atomic E-state index is 0.588. The maximum absolute atomic E-state index is 6.00. The van der Waals surface area contributed by atoms with E-state index >= 15 is 0 Å². The van der Waals surface area contributed by atoms with E-state index in [2.05, 4.69) is 27.9 Å². The van der Waals surface area contributed by atoms with E-state index in [0.717, 1.165) is 29.6 Å². The van der Waals surface area contributed by atoms with Gasteiger partial charge in [-0.2, -0.15) is 0 Å². The molecule has 1 aliphatic rings. The van der Waals surface area contributed by atoms with E-state index in [1.807, 2.05) is 0 Å². The van der Waals surface area contributed by atoms with Gasteiger partial charge in [0.2, 0.25) is 0 Å². The lowest BCUT2D eigenvalue weighted by atomic mass is 10.00. The minimum Gasteiger partial charge on any atom is -0.356 e. The van der Waals surface area contributed by atoms with E-state index in [-0.39, 0.29) is 0 Å². The number of rotatable bonds is 2. The highest BCUT2D eigenvalue weighted by Crippen LogP contribution is 2.32. The Bertz CT molecular complexity index is 554. The van der Waals surface area contributed by atoms with Gasteiger partial charge in [0.15, 0.2) is 0 Å². The molecule has 3 heterocycles. The summed E-state index contributed by atoms with van der Waals surface area (Å²) in [6.45, 7) is 4.22. The number of alkyl halides is 1. The summed E-state index contributed by atoms with van der Waals surface area (Å²) in [5, 5.41) is 1.19. The van der Waals surface area contributed by atoms with Gasteiger partial charge in [-0.1, -0.05) is 0 Å². The van der Waals surface area contributed by atoms with Crippen molar-refractivity contribution in [2.75, 3.05) is 23.9 Å². The highest BCUT2D eigenvalue weighted by atomic mass is 35.5. The number of aryl methyl sites for hydroxylation is 1. The monoisotopic (exact) mass is 281 g/mol. The summed E-state index contributed by atoms with van der Waals surface area (Å²) in [4.78, 5) is 13.6.